The minimum Gasteiger partial charge on any atom is -0.488 e. The molecule has 0 radical (unpaired) electrons. The Morgan fingerprint density at radius 1 is 0.727 bits per heavy atom. The van der Waals surface area contributed by atoms with Gasteiger partial charge in [0.25, 0.3) is 0 Å². The van der Waals surface area contributed by atoms with Gasteiger partial charge in [-0.2, -0.15) is 0 Å². The molecule has 2 rings (SSSR count). The molecule has 0 bridgehead atoms. The molecule has 2 unspecified atom stereocenters. The lowest BCUT2D eigenvalue weighted by Crippen LogP contribution is -2.20. The van der Waals surface area contributed by atoms with Gasteiger partial charge in [0.1, 0.15) is 11.5 Å². The first-order valence-electron chi connectivity index (χ1n) is 11.0. The van der Waals surface area contributed by atoms with E-state index >= 15 is 0 Å². The van der Waals surface area contributed by atoms with Crippen molar-refractivity contribution in [2.24, 2.45) is 0 Å². The summed E-state index contributed by atoms with van der Waals surface area (Å²) >= 11 is 14.9. The zero-order valence-electron chi connectivity index (χ0n) is 19.7. The first-order chi connectivity index (χ1) is 15.5. The summed E-state index contributed by atoms with van der Waals surface area (Å²) in [5.41, 5.74) is 2.08. The molecule has 0 saturated heterocycles. The van der Waals surface area contributed by atoms with Gasteiger partial charge in [-0.25, -0.2) is 0 Å². The number of hydrogen-bond donors (Lipinski definition) is 0. The van der Waals surface area contributed by atoms with Crippen molar-refractivity contribution in [1.82, 2.24) is 0 Å². The number of rotatable bonds is 12. The monoisotopic (exact) mass is 704 g/mol. The molecule has 0 amide bonds. The second kappa shape index (κ2) is 12.9. The highest BCUT2D eigenvalue weighted by molar-refractivity contribution is 9.11. The van der Waals surface area contributed by atoms with Gasteiger partial charge in [0.2, 0.25) is 0 Å². The highest BCUT2D eigenvalue weighted by Crippen LogP contribution is 2.44. The predicted octanol–water partition coefficient (Wildman–Crippen LogP) is 10.5. The second-order valence-corrected chi connectivity index (χ2v) is 12.2. The topological polar surface area (TPSA) is 18.5 Å². The van der Waals surface area contributed by atoms with Crippen LogP contribution in [0, 0.1) is 0 Å². The van der Waals surface area contributed by atoms with Crippen LogP contribution in [0.5, 0.6) is 11.5 Å². The molecule has 0 saturated carbocycles. The van der Waals surface area contributed by atoms with Crippen LogP contribution in [0.25, 0.3) is 0 Å². The highest BCUT2D eigenvalue weighted by Gasteiger charge is 2.28. The molecular formula is C27H32Br4O2. The third-order valence-corrected chi connectivity index (χ3v) is 7.99. The van der Waals surface area contributed by atoms with Crippen molar-refractivity contribution < 1.29 is 9.47 Å². The Labute approximate surface area is 232 Å². The maximum absolute atomic E-state index is 6.19. The highest BCUT2D eigenvalue weighted by atomic mass is 79.9. The van der Waals surface area contributed by atoms with Gasteiger partial charge < -0.3 is 9.47 Å². The average Bonchev–Trinajstić information content (AvgIpc) is 2.75. The fourth-order valence-electron chi connectivity index (χ4n) is 3.46. The van der Waals surface area contributed by atoms with E-state index in [-0.39, 0.29) is 17.6 Å². The Morgan fingerprint density at radius 2 is 1.03 bits per heavy atom. The van der Waals surface area contributed by atoms with Crippen molar-refractivity contribution in [3.05, 3.63) is 78.6 Å². The predicted molar refractivity (Wildman–Crippen MR) is 155 cm³/mol. The van der Waals surface area contributed by atoms with E-state index in [0.29, 0.717) is 0 Å². The molecule has 0 spiro atoms. The van der Waals surface area contributed by atoms with Crippen molar-refractivity contribution in [3.63, 3.8) is 0 Å². The van der Waals surface area contributed by atoms with Crippen LogP contribution in [0.3, 0.4) is 0 Å². The number of ether oxygens (including phenoxy) is 2. The van der Waals surface area contributed by atoms with E-state index in [2.05, 4.69) is 129 Å². The Kier molecular flexibility index (Phi) is 11.2. The van der Waals surface area contributed by atoms with Crippen molar-refractivity contribution in [2.45, 2.75) is 71.0 Å². The van der Waals surface area contributed by atoms with Gasteiger partial charge in [0.05, 0.1) is 30.1 Å². The molecule has 0 aromatic heterocycles. The van der Waals surface area contributed by atoms with E-state index in [1.807, 2.05) is 12.2 Å². The lowest BCUT2D eigenvalue weighted by atomic mass is 9.78. The summed E-state index contributed by atoms with van der Waals surface area (Å²) in [7, 11) is 0. The molecule has 0 aliphatic rings. The largest absolute Gasteiger partial charge is 0.488 e. The Hall–Kier alpha value is -0.560. The Balaban J connectivity index is 2.33. The number of allylic oxidation sites excluding steroid dienone is 2. The lowest BCUT2D eigenvalue weighted by molar-refractivity contribution is 0.209. The van der Waals surface area contributed by atoms with Gasteiger partial charge >= 0.3 is 0 Å². The van der Waals surface area contributed by atoms with Crippen LogP contribution < -0.4 is 9.47 Å². The van der Waals surface area contributed by atoms with Crippen molar-refractivity contribution in [1.29, 1.82) is 0 Å². The van der Waals surface area contributed by atoms with Crippen LogP contribution >= 0.6 is 63.7 Å². The average molecular weight is 708 g/mol. The van der Waals surface area contributed by atoms with E-state index in [9.17, 15) is 0 Å². The van der Waals surface area contributed by atoms with E-state index in [1.54, 1.807) is 0 Å². The van der Waals surface area contributed by atoms with Crippen LogP contribution in [0.1, 0.15) is 64.5 Å². The summed E-state index contributed by atoms with van der Waals surface area (Å²) in [4.78, 5) is 0. The number of halogens is 4. The lowest BCUT2D eigenvalue weighted by Gasteiger charge is -2.29. The molecule has 0 aliphatic carbocycles. The van der Waals surface area contributed by atoms with Gasteiger partial charge in [-0.1, -0.05) is 26.0 Å². The fourth-order valence-corrected chi connectivity index (χ4v) is 6.21. The van der Waals surface area contributed by atoms with Gasteiger partial charge in [-0.3, -0.25) is 0 Å². The quantitative estimate of drug-likeness (QED) is 0.205. The molecule has 2 aromatic carbocycles. The molecule has 180 valence electrons. The summed E-state index contributed by atoms with van der Waals surface area (Å²) < 4.78 is 16.1. The van der Waals surface area contributed by atoms with Crippen LogP contribution in [-0.2, 0) is 5.41 Å². The number of benzene rings is 2. The maximum Gasteiger partial charge on any atom is 0.148 e. The molecule has 2 nitrogen and oxygen atoms in total. The summed E-state index contributed by atoms with van der Waals surface area (Å²) in [6.45, 7) is 16.2. The third kappa shape index (κ3) is 7.71. The minimum absolute atomic E-state index is 0.0998. The van der Waals surface area contributed by atoms with Gasteiger partial charge in [0, 0.05) is 5.41 Å². The third-order valence-electron chi connectivity index (χ3n) is 5.63. The maximum atomic E-state index is 6.19. The molecular weight excluding hydrogens is 676 g/mol. The van der Waals surface area contributed by atoms with Crippen LogP contribution in [-0.4, -0.2) is 12.2 Å². The summed E-state index contributed by atoms with van der Waals surface area (Å²) in [5.74, 6) is 1.65. The Morgan fingerprint density at radius 3 is 1.30 bits per heavy atom. The van der Waals surface area contributed by atoms with E-state index < -0.39 is 0 Å². The molecule has 6 heteroatoms. The normalized spacial score (nSPS) is 13.3. The smallest absolute Gasteiger partial charge is 0.148 e. The van der Waals surface area contributed by atoms with Crippen LogP contribution in [0.2, 0.25) is 0 Å². The van der Waals surface area contributed by atoms with Gasteiger partial charge in [-0.15, -0.1) is 13.2 Å². The molecule has 0 aliphatic heterocycles. The zero-order valence-corrected chi connectivity index (χ0v) is 26.0. The van der Waals surface area contributed by atoms with Crippen LogP contribution in [0.4, 0.5) is 0 Å². The zero-order chi connectivity index (χ0) is 24.8. The molecule has 0 fully saturated rings. The van der Waals surface area contributed by atoms with E-state index in [0.717, 1.165) is 55.1 Å². The van der Waals surface area contributed by atoms with Gasteiger partial charge in [0.15, 0.2) is 0 Å². The summed E-state index contributed by atoms with van der Waals surface area (Å²) in [5, 5.41) is 0. The summed E-state index contributed by atoms with van der Waals surface area (Å²) in [6, 6.07) is 8.57. The van der Waals surface area contributed by atoms with Crippen molar-refractivity contribution in [2.75, 3.05) is 0 Å². The van der Waals surface area contributed by atoms with E-state index in [1.165, 1.54) is 11.1 Å². The van der Waals surface area contributed by atoms with Crippen molar-refractivity contribution in [3.8, 4) is 11.5 Å². The number of hydrogen-bond acceptors (Lipinski definition) is 2. The minimum atomic E-state index is -0.254. The van der Waals surface area contributed by atoms with Crippen molar-refractivity contribution >= 4 is 63.7 Å². The van der Waals surface area contributed by atoms with Crippen LogP contribution in [0.15, 0.2) is 67.5 Å². The SMILES string of the molecule is C=CCCC(C)Oc1c(Br)cc(C(C)(C)c2cc(Br)c(OC(C)CCC=C)c(Br)c2)cc1Br. The fraction of sp³-hybridized carbons (Fsp3) is 0.407. The Bertz CT molecular complexity index is 861. The molecule has 2 aromatic rings. The van der Waals surface area contributed by atoms with E-state index in [4.69, 9.17) is 9.47 Å². The summed E-state index contributed by atoms with van der Waals surface area (Å²) in [6.07, 6.45) is 7.76. The standard InChI is InChI=1S/C27H32Br4O2/c1-7-9-11-17(3)32-25-21(28)13-19(14-22(25)29)27(5,6)20-15-23(30)26(24(31)16-20)33-18(4)12-10-8-2/h7-8,13-18H,1-2,9-12H2,3-6H3. The van der Waals surface area contributed by atoms with Gasteiger partial charge in [-0.05, 0) is 139 Å². The molecule has 2 atom stereocenters. The molecule has 0 heterocycles. The second-order valence-electron chi connectivity index (χ2n) is 8.75. The molecule has 33 heavy (non-hydrogen) atoms. The first kappa shape index (κ1) is 28.7. The first-order valence-corrected chi connectivity index (χ1v) is 14.2. The molecule has 0 N–H and O–H groups in total.